The van der Waals surface area contributed by atoms with Crippen molar-refractivity contribution in [3.05, 3.63) is 0 Å². The van der Waals surface area contributed by atoms with E-state index in [9.17, 15) is 30.4 Å². The molecule has 0 aromatic heterocycles. The first-order chi connectivity index (χ1) is 5.73. The van der Waals surface area contributed by atoms with Gasteiger partial charge in [0, 0.05) is 0 Å². The molecule has 0 aliphatic carbocycles. The number of halogens is 5. The van der Waals surface area contributed by atoms with E-state index in [0.717, 1.165) is 0 Å². The maximum atomic E-state index is 12.8. The Bertz CT molecular complexity index is 302. The van der Waals surface area contributed by atoms with Crippen molar-refractivity contribution >= 4 is 9.84 Å². The van der Waals surface area contributed by atoms with E-state index < -0.39 is 39.4 Å². The van der Waals surface area contributed by atoms with E-state index >= 15 is 0 Å². The van der Waals surface area contributed by atoms with Crippen molar-refractivity contribution in [2.45, 2.75) is 23.8 Å². The summed E-state index contributed by atoms with van der Waals surface area (Å²) in [6, 6.07) is 0. The molecule has 13 heavy (non-hydrogen) atoms. The Morgan fingerprint density at radius 3 is 1.92 bits per heavy atom. The Morgan fingerprint density at radius 2 is 1.77 bits per heavy atom. The smallest absolute Gasteiger partial charge is 0.242 e. The summed E-state index contributed by atoms with van der Waals surface area (Å²) in [5.74, 6) is -1.53. The number of hydrogen-bond acceptors (Lipinski definition) is 2. The van der Waals surface area contributed by atoms with Gasteiger partial charge in [-0.25, -0.2) is 30.4 Å². The molecule has 1 aliphatic rings. The van der Waals surface area contributed by atoms with Gasteiger partial charge in [-0.1, -0.05) is 0 Å². The molecule has 3 atom stereocenters. The van der Waals surface area contributed by atoms with Crippen LogP contribution in [0.15, 0.2) is 0 Å². The van der Waals surface area contributed by atoms with Crippen LogP contribution in [0.5, 0.6) is 0 Å². The van der Waals surface area contributed by atoms with Crippen LogP contribution < -0.4 is 0 Å². The van der Waals surface area contributed by atoms with E-state index in [2.05, 4.69) is 0 Å². The molecule has 3 unspecified atom stereocenters. The van der Waals surface area contributed by atoms with Gasteiger partial charge < -0.3 is 0 Å². The third-order valence-corrected chi connectivity index (χ3v) is 3.61. The van der Waals surface area contributed by atoms with E-state index in [1.165, 1.54) is 0 Å². The van der Waals surface area contributed by atoms with Crippen LogP contribution in [0.3, 0.4) is 0 Å². The van der Waals surface area contributed by atoms with Gasteiger partial charge >= 0.3 is 0 Å². The van der Waals surface area contributed by atoms with Crippen LogP contribution in [0.2, 0.25) is 0 Å². The third-order valence-electron chi connectivity index (χ3n) is 1.86. The second kappa shape index (κ2) is 2.79. The quantitative estimate of drug-likeness (QED) is 0.623. The normalized spacial score (nSPS) is 44.2. The third kappa shape index (κ3) is 1.31. The zero-order chi connectivity index (χ0) is 10.4. The fourth-order valence-corrected chi connectivity index (χ4v) is 2.70. The van der Waals surface area contributed by atoms with Crippen LogP contribution >= 0.6 is 0 Å². The maximum Gasteiger partial charge on any atom is 0.279 e. The Hall–Kier alpha value is -0.400. The minimum atomic E-state index is -4.72. The Balaban J connectivity index is 3.15. The van der Waals surface area contributed by atoms with E-state index in [4.69, 9.17) is 0 Å². The zero-order valence-electron chi connectivity index (χ0n) is 6.05. The molecule has 1 aliphatic heterocycles. The van der Waals surface area contributed by atoms with E-state index in [1.54, 1.807) is 0 Å². The topological polar surface area (TPSA) is 34.1 Å². The molecule has 1 heterocycles. The van der Waals surface area contributed by atoms with Crippen LogP contribution in [-0.4, -0.2) is 37.9 Å². The van der Waals surface area contributed by atoms with Gasteiger partial charge in [-0.3, -0.25) is 0 Å². The van der Waals surface area contributed by atoms with Crippen LogP contribution in [0, 0.1) is 0 Å². The van der Waals surface area contributed by atoms with Gasteiger partial charge in [0.05, 0.1) is 5.75 Å². The number of hydrogen-bond donors (Lipinski definition) is 0. The maximum absolute atomic E-state index is 12.8. The molecular weight excluding hydrogens is 219 g/mol. The average molecular weight is 224 g/mol. The molecule has 0 amide bonds. The van der Waals surface area contributed by atoms with Gasteiger partial charge in [0.15, 0.2) is 16.0 Å². The van der Waals surface area contributed by atoms with Crippen LogP contribution in [0.1, 0.15) is 0 Å². The largest absolute Gasteiger partial charge is 0.279 e. The zero-order valence-corrected chi connectivity index (χ0v) is 6.87. The van der Waals surface area contributed by atoms with Crippen molar-refractivity contribution in [3.8, 4) is 0 Å². The highest BCUT2D eigenvalue weighted by molar-refractivity contribution is 7.92. The molecule has 8 heteroatoms. The lowest BCUT2D eigenvalue weighted by Crippen LogP contribution is -2.46. The number of sulfone groups is 1. The van der Waals surface area contributed by atoms with E-state index in [1.807, 2.05) is 0 Å². The monoisotopic (exact) mass is 224 g/mol. The second-order valence-electron chi connectivity index (χ2n) is 2.74. The van der Waals surface area contributed by atoms with Gasteiger partial charge in [0.1, 0.15) is 0 Å². The highest BCUT2D eigenvalue weighted by Crippen LogP contribution is 2.42. The molecule has 0 saturated carbocycles. The predicted octanol–water partition coefficient (Wildman–Crippen LogP) is 1.02. The lowest BCUT2D eigenvalue weighted by Gasteiger charge is -2.20. The number of rotatable bonds is 1. The second-order valence-corrected chi connectivity index (χ2v) is 4.81. The van der Waals surface area contributed by atoms with E-state index in [0.29, 0.717) is 0 Å². The molecule has 0 radical (unpaired) electrons. The molecule has 0 aromatic carbocycles. The first-order valence-electron chi connectivity index (χ1n) is 3.19. The molecule has 1 fully saturated rings. The average Bonchev–Trinajstić information content (AvgIpc) is 2.12. The lowest BCUT2D eigenvalue weighted by atomic mass is 10.0. The molecule has 0 aromatic rings. The predicted molar refractivity (Wildman–Crippen MR) is 33.4 cm³/mol. The summed E-state index contributed by atoms with van der Waals surface area (Å²) in [6.07, 6.45) is -7.00. The Kier molecular flexibility index (Phi) is 2.29. The molecule has 1 saturated heterocycles. The molecular formula is C5H5F5O2S. The van der Waals surface area contributed by atoms with Crippen molar-refractivity contribution in [2.24, 2.45) is 0 Å². The van der Waals surface area contributed by atoms with Gasteiger partial charge in [0.2, 0.25) is 11.2 Å². The van der Waals surface area contributed by atoms with Gasteiger partial charge in [-0.05, 0) is 0 Å². The fourth-order valence-electron chi connectivity index (χ4n) is 1.07. The Labute approximate surface area is 70.6 Å². The SMILES string of the molecule is O=S1(=O)CC(F)C(F)(C(F)F)C1F. The fraction of sp³-hybridized carbons (Fsp3) is 1.00. The standard InChI is InChI=1S/C5H5F5O2S/c6-2-1-13(11,12)4(9)5(2,10)3(7)8/h2-4H,1H2. The minimum Gasteiger partial charge on any atom is -0.242 e. The van der Waals surface area contributed by atoms with Crippen molar-refractivity contribution in [3.63, 3.8) is 0 Å². The molecule has 0 bridgehead atoms. The minimum absolute atomic E-state index is 1.53. The highest BCUT2D eigenvalue weighted by Gasteiger charge is 2.67. The Morgan fingerprint density at radius 1 is 1.31 bits per heavy atom. The molecule has 2 nitrogen and oxygen atoms in total. The van der Waals surface area contributed by atoms with Crippen molar-refractivity contribution in [1.29, 1.82) is 0 Å². The van der Waals surface area contributed by atoms with Gasteiger partial charge in [0.25, 0.3) is 6.43 Å². The van der Waals surface area contributed by atoms with Crippen LogP contribution in [0.4, 0.5) is 22.0 Å². The van der Waals surface area contributed by atoms with Crippen LogP contribution in [-0.2, 0) is 9.84 Å². The van der Waals surface area contributed by atoms with Crippen LogP contribution in [0.25, 0.3) is 0 Å². The summed E-state index contributed by atoms with van der Waals surface area (Å²) in [4.78, 5) is 0. The summed E-state index contributed by atoms with van der Waals surface area (Å²) >= 11 is 0. The summed E-state index contributed by atoms with van der Waals surface area (Å²) in [5, 5.41) is 0. The first-order valence-corrected chi connectivity index (χ1v) is 4.91. The van der Waals surface area contributed by atoms with Crippen molar-refractivity contribution < 1.29 is 30.4 Å². The molecule has 0 N–H and O–H groups in total. The lowest BCUT2D eigenvalue weighted by molar-refractivity contribution is -0.0916. The number of alkyl halides is 5. The van der Waals surface area contributed by atoms with Gasteiger partial charge in [-0.15, -0.1) is 0 Å². The first kappa shape index (κ1) is 10.7. The molecule has 0 spiro atoms. The van der Waals surface area contributed by atoms with Crippen molar-refractivity contribution in [2.75, 3.05) is 5.75 Å². The summed E-state index contributed by atoms with van der Waals surface area (Å²) in [7, 11) is -4.72. The molecule has 1 rings (SSSR count). The highest BCUT2D eigenvalue weighted by atomic mass is 32.2. The summed E-state index contributed by atoms with van der Waals surface area (Å²) in [5.41, 5.74) is -7.69. The van der Waals surface area contributed by atoms with Gasteiger partial charge in [-0.2, -0.15) is 0 Å². The molecule has 78 valence electrons. The van der Waals surface area contributed by atoms with Crippen molar-refractivity contribution in [1.82, 2.24) is 0 Å². The summed E-state index contributed by atoms with van der Waals surface area (Å²) < 4.78 is 82.6. The summed E-state index contributed by atoms with van der Waals surface area (Å²) in [6.45, 7) is 0. The van der Waals surface area contributed by atoms with E-state index in [-0.39, 0.29) is 0 Å².